The Bertz CT molecular complexity index is 455. The molecular weight excluding hydrogens is 246 g/mol. The van der Waals surface area contributed by atoms with Crippen molar-refractivity contribution in [3.63, 3.8) is 0 Å². The molecule has 0 radical (unpaired) electrons. The number of imidazole rings is 1. The summed E-state index contributed by atoms with van der Waals surface area (Å²) >= 11 is 0. The Morgan fingerprint density at radius 2 is 1.85 bits per heavy atom. The summed E-state index contributed by atoms with van der Waals surface area (Å²) in [5.74, 6) is 1.12. The van der Waals surface area contributed by atoms with Crippen LogP contribution in [0.5, 0.6) is 0 Å². The molecule has 0 saturated heterocycles. The molecule has 1 atom stereocenters. The van der Waals surface area contributed by atoms with Crippen molar-refractivity contribution in [3.8, 4) is 0 Å². The third-order valence-corrected chi connectivity index (χ3v) is 5.38. The fourth-order valence-electron chi connectivity index (χ4n) is 4.00. The highest BCUT2D eigenvalue weighted by atomic mass is 15.2. The fourth-order valence-corrected chi connectivity index (χ4v) is 4.00. The second kappa shape index (κ2) is 5.42. The quantitative estimate of drug-likeness (QED) is 0.867. The number of hydrogen-bond acceptors (Lipinski definition) is 2. The molecule has 1 unspecified atom stereocenters. The smallest absolute Gasteiger partial charge is 0.203 e. The van der Waals surface area contributed by atoms with E-state index in [0.29, 0.717) is 17.5 Å². The van der Waals surface area contributed by atoms with Crippen LogP contribution in [0.2, 0.25) is 0 Å². The van der Waals surface area contributed by atoms with Crippen molar-refractivity contribution in [2.75, 3.05) is 5.32 Å². The minimum Gasteiger partial charge on any atom is -0.352 e. The molecule has 0 amide bonds. The first-order valence-corrected chi connectivity index (χ1v) is 8.38. The summed E-state index contributed by atoms with van der Waals surface area (Å²) < 4.78 is 2.42. The van der Waals surface area contributed by atoms with Crippen LogP contribution in [0.25, 0.3) is 0 Å². The average Bonchev–Trinajstić information content (AvgIpc) is 3.01. The van der Waals surface area contributed by atoms with E-state index in [4.69, 9.17) is 4.98 Å². The van der Waals surface area contributed by atoms with Crippen molar-refractivity contribution in [2.24, 2.45) is 5.41 Å². The Morgan fingerprint density at radius 3 is 2.55 bits per heavy atom. The molecule has 0 aliphatic heterocycles. The maximum Gasteiger partial charge on any atom is 0.203 e. The number of aryl methyl sites for hydroxylation is 1. The lowest BCUT2D eigenvalue weighted by atomic mass is 9.73. The molecular formula is C17H29N3. The molecule has 2 saturated carbocycles. The van der Waals surface area contributed by atoms with Gasteiger partial charge in [0.15, 0.2) is 0 Å². The van der Waals surface area contributed by atoms with E-state index < -0.39 is 0 Å². The predicted octanol–water partition coefficient (Wildman–Crippen LogP) is 4.69. The number of anilines is 1. The number of rotatable bonds is 3. The topological polar surface area (TPSA) is 29.9 Å². The summed E-state index contributed by atoms with van der Waals surface area (Å²) in [5, 5.41) is 3.79. The van der Waals surface area contributed by atoms with Gasteiger partial charge in [-0.15, -0.1) is 0 Å². The number of nitrogens with one attached hydrogen (secondary N) is 1. The average molecular weight is 275 g/mol. The SMILES string of the molecule is Cc1cn(C2CCCC2)c(NC2CCCCC2(C)C)n1. The lowest BCUT2D eigenvalue weighted by molar-refractivity contribution is 0.215. The van der Waals surface area contributed by atoms with Gasteiger partial charge in [-0.25, -0.2) is 4.98 Å². The van der Waals surface area contributed by atoms with Crippen LogP contribution in [0, 0.1) is 12.3 Å². The van der Waals surface area contributed by atoms with Crippen LogP contribution >= 0.6 is 0 Å². The van der Waals surface area contributed by atoms with Crippen LogP contribution in [0.15, 0.2) is 6.20 Å². The molecule has 1 heterocycles. The van der Waals surface area contributed by atoms with E-state index in [1.165, 1.54) is 51.4 Å². The van der Waals surface area contributed by atoms with Crippen molar-refractivity contribution in [1.29, 1.82) is 0 Å². The minimum atomic E-state index is 0.388. The maximum atomic E-state index is 4.77. The van der Waals surface area contributed by atoms with Gasteiger partial charge in [0, 0.05) is 18.3 Å². The fraction of sp³-hybridized carbons (Fsp3) is 0.824. The van der Waals surface area contributed by atoms with Crippen molar-refractivity contribution in [3.05, 3.63) is 11.9 Å². The standard InChI is InChI=1S/C17H29N3/c1-13-12-20(14-8-4-5-9-14)16(18-13)19-15-10-6-7-11-17(15,2)3/h12,14-15H,4-11H2,1-3H3,(H,18,19). The molecule has 20 heavy (non-hydrogen) atoms. The van der Waals surface area contributed by atoms with Gasteiger partial charge in [-0.2, -0.15) is 0 Å². The van der Waals surface area contributed by atoms with Gasteiger partial charge in [-0.1, -0.05) is 39.5 Å². The van der Waals surface area contributed by atoms with Crippen molar-refractivity contribution in [1.82, 2.24) is 9.55 Å². The highest BCUT2D eigenvalue weighted by molar-refractivity contribution is 5.32. The van der Waals surface area contributed by atoms with Crippen LogP contribution < -0.4 is 5.32 Å². The van der Waals surface area contributed by atoms with Gasteiger partial charge in [0.1, 0.15) is 0 Å². The highest BCUT2D eigenvalue weighted by Crippen LogP contribution is 2.38. The zero-order valence-electron chi connectivity index (χ0n) is 13.3. The molecule has 3 heteroatoms. The molecule has 112 valence electrons. The Balaban J connectivity index is 1.79. The number of nitrogens with zero attached hydrogens (tertiary/aromatic N) is 2. The van der Waals surface area contributed by atoms with Crippen LogP contribution in [-0.2, 0) is 0 Å². The molecule has 0 aromatic carbocycles. The van der Waals surface area contributed by atoms with E-state index in [2.05, 4.69) is 36.9 Å². The van der Waals surface area contributed by atoms with E-state index >= 15 is 0 Å². The van der Waals surface area contributed by atoms with Gasteiger partial charge in [-0.05, 0) is 38.0 Å². The van der Waals surface area contributed by atoms with Crippen molar-refractivity contribution < 1.29 is 0 Å². The molecule has 1 N–H and O–H groups in total. The Labute approximate surface area is 123 Å². The summed E-state index contributed by atoms with van der Waals surface area (Å²) in [4.78, 5) is 4.77. The second-order valence-electron chi connectivity index (χ2n) is 7.48. The molecule has 3 rings (SSSR count). The molecule has 0 spiro atoms. The lowest BCUT2D eigenvalue weighted by Gasteiger charge is -2.39. The zero-order chi connectivity index (χ0) is 14.2. The summed E-state index contributed by atoms with van der Waals surface area (Å²) in [5.41, 5.74) is 1.53. The van der Waals surface area contributed by atoms with Gasteiger partial charge >= 0.3 is 0 Å². The first kappa shape index (κ1) is 14.0. The first-order valence-electron chi connectivity index (χ1n) is 8.38. The summed E-state index contributed by atoms with van der Waals surface area (Å²) in [6.07, 6.45) is 13.0. The van der Waals surface area contributed by atoms with Gasteiger partial charge < -0.3 is 9.88 Å². The van der Waals surface area contributed by atoms with Crippen LogP contribution in [0.3, 0.4) is 0 Å². The molecule has 3 nitrogen and oxygen atoms in total. The van der Waals surface area contributed by atoms with E-state index in [1.807, 2.05) is 0 Å². The van der Waals surface area contributed by atoms with E-state index in [1.54, 1.807) is 0 Å². The third-order valence-electron chi connectivity index (χ3n) is 5.38. The molecule has 2 aliphatic carbocycles. The summed E-state index contributed by atoms with van der Waals surface area (Å²) in [6.45, 7) is 6.92. The van der Waals surface area contributed by atoms with Gasteiger partial charge in [0.25, 0.3) is 0 Å². The predicted molar refractivity (Wildman–Crippen MR) is 84.1 cm³/mol. The van der Waals surface area contributed by atoms with Crippen LogP contribution in [0.4, 0.5) is 5.95 Å². The van der Waals surface area contributed by atoms with E-state index in [-0.39, 0.29) is 0 Å². The van der Waals surface area contributed by atoms with E-state index in [0.717, 1.165) is 11.6 Å². The Morgan fingerprint density at radius 1 is 1.15 bits per heavy atom. The summed E-state index contributed by atoms with van der Waals surface area (Å²) in [7, 11) is 0. The van der Waals surface area contributed by atoms with E-state index in [9.17, 15) is 0 Å². The van der Waals surface area contributed by atoms with Gasteiger partial charge in [0.05, 0.1) is 5.69 Å². The largest absolute Gasteiger partial charge is 0.352 e. The maximum absolute atomic E-state index is 4.77. The third kappa shape index (κ3) is 2.72. The van der Waals surface area contributed by atoms with Crippen LogP contribution in [-0.4, -0.2) is 15.6 Å². The Kier molecular flexibility index (Phi) is 3.78. The van der Waals surface area contributed by atoms with Crippen molar-refractivity contribution in [2.45, 2.75) is 84.2 Å². The highest BCUT2D eigenvalue weighted by Gasteiger charge is 2.33. The van der Waals surface area contributed by atoms with Crippen molar-refractivity contribution >= 4 is 5.95 Å². The molecule has 0 bridgehead atoms. The lowest BCUT2D eigenvalue weighted by Crippen LogP contribution is -2.39. The molecule has 2 aliphatic rings. The van der Waals surface area contributed by atoms with Gasteiger partial charge in [0.2, 0.25) is 5.95 Å². The van der Waals surface area contributed by atoms with Crippen LogP contribution in [0.1, 0.15) is 76.9 Å². The van der Waals surface area contributed by atoms with Gasteiger partial charge in [-0.3, -0.25) is 0 Å². The number of aromatic nitrogens is 2. The number of hydrogen-bond donors (Lipinski definition) is 1. The summed E-state index contributed by atoms with van der Waals surface area (Å²) in [6, 6.07) is 1.24. The molecule has 1 aromatic rings. The zero-order valence-corrected chi connectivity index (χ0v) is 13.3. The monoisotopic (exact) mass is 275 g/mol. The molecule has 1 aromatic heterocycles. The Hall–Kier alpha value is -0.990. The first-order chi connectivity index (χ1) is 9.56. The molecule has 2 fully saturated rings. The second-order valence-corrected chi connectivity index (χ2v) is 7.48. The normalized spacial score (nSPS) is 26.9. The minimum absolute atomic E-state index is 0.388.